The summed E-state index contributed by atoms with van der Waals surface area (Å²) < 4.78 is 5.31. The Morgan fingerprint density at radius 1 is 1.33 bits per heavy atom. The number of likely N-dealkylation sites (N-methyl/N-ethyl adjacent to an activating group) is 1. The van der Waals surface area contributed by atoms with Gasteiger partial charge < -0.3 is 9.73 Å². The summed E-state index contributed by atoms with van der Waals surface area (Å²) in [7, 11) is 0. The number of fused-ring (bicyclic) bond motifs is 1. The van der Waals surface area contributed by atoms with Gasteiger partial charge >= 0.3 is 0 Å². The van der Waals surface area contributed by atoms with Crippen LogP contribution in [0.5, 0.6) is 0 Å². The summed E-state index contributed by atoms with van der Waals surface area (Å²) in [5, 5.41) is 4.60. The third-order valence-electron chi connectivity index (χ3n) is 2.61. The van der Waals surface area contributed by atoms with Crippen LogP contribution in [0.25, 0.3) is 11.0 Å². The molecule has 0 amide bonds. The van der Waals surface area contributed by atoms with Crippen molar-refractivity contribution in [3.8, 4) is 0 Å². The van der Waals surface area contributed by atoms with E-state index in [2.05, 4.69) is 31.3 Å². The number of nitrogens with one attached hydrogen (secondary N) is 1. The van der Waals surface area contributed by atoms with Gasteiger partial charge in [0.25, 0.3) is 0 Å². The lowest BCUT2D eigenvalue weighted by Crippen LogP contribution is -2.27. The maximum atomic E-state index is 5.31. The third kappa shape index (κ3) is 2.39. The van der Waals surface area contributed by atoms with E-state index in [9.17, 15) is 0 Å². The number of benzene rings is 1. The molecule has 0 aliphatic rings. The van der Waals surface area contributed by atoms with Gasteiger partial charge in [-0.05, 0) is 43.7 Å². The standard InChI is InChI=1S/C13H17NO/c1-3-14-10(2)8-11-4-5-13-12(9-11)6-7-15-13/h4-7,9-10,14H,3,8H2,1-2H3. The summed E-state index contributed by atoms with van der Waals surface area (Å²) in [4.78, 5) is 0. The molecule has 1 unspecified atom stereocenters. The molecule has 1 heterocycles. The molecule has 2 heteroatoms. The Morgan fingerprint density at radius 3 is 3.00 bits per heavy atom. The average Bonchev–Trinajstić information content (AvgIpc) is 2.65. The number of hydrogen-bond acceptors (Lipinski definition) is 2. The van der Waals surface area contributed by atoms with Crippen LogP contribution in [0.4, 0.5) is 0 Å². The number of furan rings is 1. The van der Waals surface area contributed by atoms with Gasteiger partial charge in [-0.25, -0.2) is 0 Å². The molecule has 2 aromatic rings. The lowest BCUT2D eigenvalue weighted by molar-refractivity contribution is 0.565. The molecule has 0 bridgehead atoms. The maximum absolute atomic E-state index is 5.31. The molecule has 1 atom stereocenters. The minimum Gasteiger partial charge on any atom is -0.464 e. The Morgan fingerprint density at radius 2 is 2.20 bits per heavy atom. The fraction of sp³-hybridized carbons (Fsp3) is 0.385. The van der Waals surface area contributed by atoms with Crippen molar-refractivity contribution < 1.29 is 4.42 Å². The molecule has 0 aliphatic heterocycles. The van der Waals surface area contributed by atoms with Crippen molar-refractivity contribution in [2.45, 2.75) is 26.3 Å². The van der Waals surface area contributed by atoms with Gasteiger partial charge in [-0.2, -0.15) is 0 Å². The molecule has 2 nitrogen and oxygen atoms in total. The molecule has 0 radical (unpaired) electrons. The van der Waals surface area contributed by atoms with Gasteiger partial charge in [-0.1, -0.05) is 13.0 Å². The highest BCUT2D eigenvalue weighted by Gasteiger charge is 2.03. The van der Waals surface area contributed by atoms with Crippen LogP contribution in [0.3, 0.4) is 0 Å². The second-order valence-electron chi connectivity index (χ2n) is 3.96. The van der Waals surface area contributed by atoms with Crippen molar-refractivity contribution >= 4 is 11.0 Å². The first kappa shape index (κ1) is 10.2. The van der Waals surface area contributed by atoms with Crippen molar-refractivity contribution in [1.82, 2.24) is 5.32 Å². The summed E-state index contributed by atoms with van der Waals surface area (Å²) in [5.74, 6) is 0. The summed E-state index contributed by atoms with van der Waals surface area (Å²) in [6, 6.07) is 8.92. The second kappa shape index (κ2) is 4.49. The van der Waals surface area contributed by atoms with Crippen LogP contribution in [-0.2, 0) is 6.42 Å². The normalized spacial score (nSPS) is 13.2. The Balaban J connectivity index is 2.14. The van der Waals surface area contributed by atoms with Crippen LogP contribution >= 0.6 is 0 Å². The van der Waals surface area contributed by atoms with Crippen LogP contribution < -0.4 is 5.32 Å². The van der Waals surface area contributed by atoms with E-state index in [4.69, 9.17) is 4.42 Å². The lowest BCUT2D eigenvalue weighted by Gasteiger charge is -2.11. The third-order valence-corrected chi connectivity index (χ3v) is 2.61. The van der Waals surface area contributed by atoms with Crippen LogP contribution in [0.2, 0.25) is 0 Å². The van der Waals surface area contributed by atoms with Gasteiger partial charge in [0.05, 0.1) is 6.26 Å². The molecule has 80 valence electrons. The van der Waals surface area contributed by atoms with E-state index < -0.39 is 0 Å². The second-order valence-corrected chi connectivity index (χ2v) is 3.96. The topological polar surface area (TPSA) is 25.2 Å². The Hall–Kier alpha value is -1.28. The molecule has 0 saturated carbocycles. The fourth-order valence-electron chi connectivity index (χ4n) is 1.92. The van der Waals surface area contributed by atoms with Gasteiger partial charge in [0, 0.05) is 11.4 Å². The predicted molar refractivity (Wildman–Crippen MR) is 63.1 cm³/mol. The molecule has 0 spiro atoms. The highest BCUT2D eigenvalue weighted by Crippen LogP contribution is 2.17. The van der Waals surface area contributed by atoms with E-state index in [0.717, 1.165) is 18.5 Å². The number of rotatable bonds is 4. The Bertz CT molecular complexity index is 433. The summed E-state index contributed by atoms with van der Waals surface area (Å²) >= 11 is 0. The fourth-order valence-corrected chi connectivity index (χ4v) is 1.92. The zero-order chi connectivity index (χ0) is 10.7. The molecule has 1 N–H and O–H groups in total. The van der Waals surface area contributed by atoms with Crippen molar-refractivity contribution in [2.24, 2.45) is 0 Å². The highest BCUT2D eigenvalue weighted by atomic mass is 16.3. The molecule has 15 heavy (non-hydrogen) atoms. The molecular weight excluding hydrogens is 186 g/mol. The van der Waals surface area contributed by atoms with Crippen LogP contribution in [0.15, 0.2) is 34.9 Å². The van der Waals surface area contributed by atoms with Crippen molar-refractivity contribution in [3.63, 3.8) is 0 Å². The molecule has 0 fully saturated rings. The van der Waals surface area contributed by atoms with Crippen molar-refractivity contribution in [3.05, 3.63) is 36.1 Å². The Labute approximate surface area is 90.3 Å². The zero-order valence-electron chi connectivity index (χ0n) is 9.29. The maximum Gasteiger partial charge on any atom is 0.133 e. The predicted octanol–water partition coefficient (Wildman–Crippen LogP) is 2.97. The minimum absolute atomic E-state index is 0.527. The molecule has 1 aromatic carbocycles. The summed E-state index contributed by atoms with van der Waals surface area (Å²) in [6.45, 7) is 5.37. The zero-order valence-corrected chi connectivity index (χ0v) is 9.29. The molecule has 1 aromatic heterocycles. The van der Waals surface area contributed by atoms with E-state index in [-0.39, 0.29) is 0 Å². The van der Waals surface area contributed by atoms with Crippen molar-refractivity contribution in [2.75, 3.05) is 6.54 Å². The first-order valence-corrected chi connectivity index (χ1v) is 5.49. The van der Waals surface area contributed by atoms with Gasteiger partial charge in [0.1, 0.15) is 5.58 Å². The van der Waals surface area contributed by atoms with Crippen LogP contribution in [0, 0.1) is 0 Å². The van der Waals surface area contributed by atoms with Gasteiger partial charge in [0.2, 0.25) is 0 Å². The van der Waals surface area contributed by atoms with E-state index in [1.54, 1.807) is 6.26 Å². The van der Waals surface area contributed by atoms with Gasteiger partial charge in [-0.3, -0.25) is 0 Å². The van der Waals surface area contributed by atoms with Crippen molar-refractivity contribution in [1.29, 1.82) is 0 Å². The van der Waals surface area contributed by atoms with Gasteiger partial charge in [-0.15, -0.1) is 0 Å². The largest absolute Gasteiger partial charge is 0.464 e. The van der Waals surface area contributed by atoms with Crippen LogP contribution in [-0.4, -0.2) is 12.6 Å². The quantitative estimate of drug-likeness (QED) is 0.826. The first-order chi connectivity index (χ1) is 7.29. The van der Waals surface area contributed by atoms with E-state index in [1.165, 1.54) is 10.9 Å². The lowest BCUT2D eigenvalue weighted by atomic mass is 10.1. The average molecular weight is 203 g/mol. The molecular formula is C13H17NO. The molecule has 0 saturated heterocycles. The van der Waals surface area contributed by atoms with Crippen LogP contribution in [0.1, 0.15) is 19.4 Å². The number of hydrogen-bond donors (Lipinski definition) is 1. The van der Waals surface area contributed by atoms with E-state index in [1.807, 2.05) is 12.1 Å². The minimum atomic E-state index is 0.527. The van der Waals surface area contributed by atoms with Gasteiger partial charge in [0.15, 0.2) is 0 Å². The highest BCUT2D eigenvalue weighted by molar-refractivity contribution is 5.77. The smallest absolute Gasteiger partial charge is 0.133 e. The monoisotopic (exact) mass is 203 g/mol. The van der Waals surface area contributed by atoms with E-state index >= 15 is 0 Å². The summed E-state index contributed by atoms with van der Waals surface area (Å²) in [6.07, 6.45) is 2.80. The van der Waals surface area contributed by atoms with E-state index in [0.29, 0.717) is 6.04 Å². The SMILES string of the molecule is CCNC(C)Cc1ccc2occc2c1. The molecule has 2 rings (SSSR count). The summed E-state index contributed by atoms with van der Waals surface area (Å²) in [5.41, 5.74) is 2.33. The molecule has 0 aliphatic carbocycles. The first-order valence-electron chi connectivity index (χ1n) is 5.49. The Kier molecular flexibility index (Phi) is 3.07.